The molecule has 1 aliphatic heterocycles. The number of carbonyl (C=O) groups is 2. The summed E-state index contributed by atoms with van der Waals surface area (Å²) in [6.45, 7) is 1.81. The van der Waals surface area contributed by atoms with Crippen molar-refractivity contribution in [3.05, 3.63) is 53.7 Å². The number of rotatable bonds is 4. The maximum atomic E-state index is 13.1. The Morgan fingerprint density at radius 1 is 1.04 bits per heavy atom. The van der Waals surface area contributed by atoms with Gasteiger partial charge >= 0.3 is 10.2 Å². The molecule has 0 radical (unpaired) electrons. The van der Waals surface area contributed by atoms with Gasteiger partial charge in [-0.1, -0.05) is 6.07 Å². The van der Waals surface area contributed by atoms with Crippen LogP contribution in [-0.4, -0.2) is 56.3 Å². The van der Waals surface area contributed by atoms with Crippen LogP contribution in [0, 0.1) is 0 Å². The first-order valence-corrected chi connectivity index (χ1v) is 9.49. The summed E-state index contributed by atoms with van der Waals surface area (Å²) < 4.78 is 35.2. The molecule has 0 atom stereocenters. The van der Waals surface area contributed by atoms with Gasteiger partial charge in [0, 0.05) is 37.9 Å². The Morgan fingerprint density at radius 3 is 2.30 bits per heavy atom. The maximum Gasteiger partial charge on any atom is 0.332 e. The Kier molecular flexibility index (Phi) is 5.08. The first-order valence-electron chi connectivity index (χ1n) is 8.10. The summed E-state index contributed by atoms with van der Waals surface area (Å²) in [7, 11) is -4.86. The van der Waals surface area contributed by atoms with Crippen molar-refractivity contribution in [1.82, 2.24) is 9.88 Å². The van der Waals surface area contributed by atoms with Gasteiger partial charge in [-0.3, -0.25) is 9.59 Å². The number of halogens is 1. The number of piperazine rings is 1. The second-order valence-electron chi connectivity index (χ2n) is 6.01. The van der Waals surface area contributed by atoms with Crippen molar-refractivity contribution in [2.24, 2.45) is 5.73 Å². The zero-order valence-electron chi connectivity index (χ0n) is 14.2. The van der Waals surface area contributed by atoms with E-state index in [0.717, 1.165) is 12.1 Å². The molecule has 2 N–H and O–H groups in total. The van der Waals surface area contributed by atoms with Gasteiger partial charge in [-0.2, -0.15) is 8.42 Å². The largest absolute Gasteiger partial charge is 0.366 e. The predicted molar refractivity (Wildman–Crippen MR) is 95.6 cm³/mol. The van der Waals surface area contributed by atoms with Crippen LogP contribution in [-0.2, 0) is 10.2 Å². The molecule has 1 aromatic heterocycles. The van der Waals surface area contributed by atoms with E-state index in [1.54, 1.807) is 17.0 Å². The predicted octanol–water partition coefficient (Wildman–Crippen LogP) is 0.801. The summed E-state index contributed by atoms with van der Waals surface area (Å²) >= 11 is 0. The Labute approximate surface area is 155 Å². The summed E-state index contributed by atoms with van der Waals surface area (Å²) in [6, 6.07) is 8.20. The van der Waals surface area contributed by atoms with Crippen LogP contribution in [0.5, 0.6) is 0 Å². The van der Waals surface area contributed by atoms with E-state index in [-0.39, 0.29) is 11.5 Å². The van der Waals surface area contributed by atoms with Crippen molar-refractivity contribution in [3.63, 3.8) is 0 Å². The van der Waals surface area contributed by atoms with Crippen LogP contribution in [0.15, 0.2) is 47.5 Å². The second-order valence-corrected chi connectivity index (χ2v) is 7.36. The van der Waals surface area contributed by atoms with Crippen molar-refractivity contribution in [2.75, 3.05) is 31.1 Å². The van der Waals surface area contributed by atoms with E-state index in [9.17, 15) is 21.9 Å². The fraction of sp³-hybridized carbons (Fsp3) is 0.235. The Hall–Kier alpha value is -3.01. The molecule has 2 amide bonds. The third kappa shape index (κ3) is 4.22. The van der Waals surface area contributed by atoms with Crippen molar-refractivity contribution >= 4 is 27.9 Å². The zero-order valence-corrected chi connectivity index (χ0v) is 15.0. The highest BCUT2D eigenvalue weighted by Crippen LogP contribution is 2.18. The summed E-state index contributed by atoms with van der Waals surface area (Å²) in [5.41, 5.74) is 5.62. The molecular formula is C17H17FN4O4S. The number of hydrogen-bond donors (Lipinski definition) is 1. The molecule has 10 heteroatoms. The second kappa shape index (κ2) is 7.31. The van der Waals surface area contributed by atoms with E-state index in [0.29, 0.717) is 37.6 Å². The van der Waals surface area contributed by atoms with Crippen LogP contribution < -0.4 is 10.6 Å². The third-order valence-electron chi connectivity index (χ3n) is 4.29. The molecule has 27 heavy (non-hydrogen) atoms. The van der Waals surface area contributed by atoms with Crippen molar-refractivity contribution in [2.45, 2.75) is 4.90 Å². The molecule has 0 spiro atoms. The number of amides is 2. The molecule has 142 valence electrons. The minimum absolute atomic E-state index is 0.117. The summed E-state index contributed by atoms with van der Waals surface area (Å²) in [5.74, 6) is -0.253. The van der Waals surface area contributed by atoms with Crippen LogP contribution in [0.3, 0.4) is 0 Å². The lowest BCUT2D eigenvalue weighted by molar-refractivity contribution is 0.0746. The van der Waals surface area contributed by atoms with Gasteiger partial charge in [-0.15, -0.1) is 3.89 Å². The molecule has 0 saturated carbocycles. The monoisotopic (exact) mass is 392 g/mol. The van der Waals surface area contributed by atoms with Crippen molar-refractivity contribution in [1.29, 1.82) is 0 Å². The molecule has 2 aromatic rings. The van der Waals surface area contributed by atoms with E-state index in [1.165, 1.54) is 18.3 Å². The quantitative estimate of drug-likeness (QED) is 0.770. The number of hydrogen-bond acceptors (Lipinski definition) is 6. The minimum Gasteiger partial charge on any atom is -0.366 e. The summed E-state index contributed by atoms with van der Waals surface area (Å²) in [5, 5.41) is 0. The van der Waals surface area contributed by atoms with Crippen molar-refractivity contribution in [3.8, 4) is 0 Å². The highest BCUT2D eigenvalue weighted by atomic mass is 32.3. The Bertz CT molecular complexity index is 971. The number of anilines is 1. The fourth-order valence-electron chi connectivity index (χ4n) is 2.82. The summed E-state index contributed by atoms with van der Waals surface area (Å²) in [6.07, 6.45) is 1.40. The highest BCUT2D eigenvalue weighted by Gasteiger charge is 2.24. The van der Waals surface area contributed by atoms with E-state index < -0.39 is 21.0 Å². The van der Waals surface area contributed by atoms with Gasteiger partial charge in [0.05, 0.1) is 10.5 Å². The standard InChI is InChI=1S/C17H17FN4O4S/c18-27(25,26)14-3-1-2-12(10-14)17(24)22-8-6-21(7-9-22)15-5-4-13(11-20-15)16(19)23/h1-5,10-11H,6-9H2,(H2,19,23). The topological polar surface area (TPSA) is 114 Å². The first-order chi connectivity index (χ1) is 12.8. The molecular weight excluding hydrogens is 375 g/mol. The lowest BCUT2D eigenvalue weighted by atomic mass is 10.2. The van der Waals surface area contributed by atoms with E-state index in [4.69, 9.17) is 5.73 Å². The molecule has 3 rings (SSSR count). The maximum absolute atomic E-state index is 13.1. The van der Waals surface area contributed by atoms with Gasteiger partial charge in [-0.25, -0.2) is 4.98 Å². The van der Waals surface area contributed by atoms with E-state index in [1.807, 2.05) is 4.90 Å². The zero-order chi connectivity index (χ0) is 19.6. The fourth-order valence-corrected chi connectivity index (χ4v) is 3.33. The Balaban J connectivity index is 1.67. The van der Waals surface area contributed by atoms with Gasteiger partial charge in [-0.05, 0) is 30.3 Å². The number of nitrogens with zero attached hydrogens (tertiary/aromatic N) is 3. The Morgan fingerprint density at radius 2 is 1.74 bits per heavy atom. The van der Waals surface area contributed by atoms with Gasteiger partial charge < -0.3 is 15.5 Å². The SMILES string of the molecule is NC(=O)c1ccc(N2CCN(C(=O)c3cccc(S(=O)(=O)F)c3)CC2)nc1. The number of pyridine rings is 1. The minimum atomic E-state index is -4.86. The third-order valence-corrected chi connectivity index (χ3v) is 5.10. The van der Waals surface area contributed by atoms with E-state index in [2.05, 4.69) is 4.98 Å². The van der Waals surface area contributed by atoms with Gasteiger partial charge in [0.1, 0.15) is 5.82 Å². The molecule has 1 aliphatic rings. The number of primary amides is 1. The van der Waals surface area contributed by atoms with Gasteiger partial charge in [0.25, 0.3) is 5.91 Å². The smallest absolute Gasteiger partial charge is 0.332 e. The first kappa shape index (κ1) is 18.8. The number of carbonyl (C=O) groups excluding carboxylic acids is 2. The molecule has 0 bridgehead atoms. The van der Waals surface area contributed by atoms with Crippen molar-refractivity contribution < 1.29 is 21.9 Å². The average molecular weight is 392 g/mol. The van der Waals surface area contributed by atoms with Crippen LogP contribution in [0.25, 0.3) is 0 Å². The van der Waals surface area contributed by atoms with Crippen LogP contribution in [0.4, 0.5) is 9.70 Å². The number of aromatic nitrogens is 1. The number of benzene rings is 1. The average Bonchev–Trinajstić information content (AvgIpc) is 2.67. The molecule has 2 heterocycles. The lowest BCUT2D eigenvalue weighted by Gasteiger charge is -2.35. The molecule has 1 fully saturated rings. The molecule has 1 aromatic carbocycles. The summed E-state index contributed by atoms with van der Waals surface area (Å²) in [4.78, 5) is 30.8. The number of nitrogens with two attached hydrogens (primary N) is 1. The van der Waals surface area contributed by atoms with Gasteiger partial charge in [0.2, 0.25) is 5.91 Å². The lowest BCUT2D eigenvalue weighted by Crippen LogP contribution is -2.49. The van der Waals surface area contributed by atoms with Crippen LogP contribution in [0.2, 0.25) is 0 Å². The highest BCUT2D eigenvalue weighted by molar-refractivity contribution is 7.86. The van der Waals surface area contributed by atoms with E-state index >= 15 is 0 Å². The van der Waals surface area contributed by atoms with Crippen LogP contribution >= 0.6 is 0 Å². The molecule has 1 saturated heterocycles. The molecule has 8 nitrogen and oxygen atoms in total. The van der Waals surface area contributed by atoms with Crippen LogP contribution in [0.1, 0.15) is 20.7 Å². The molecule has 0 unspecified atom stereocenters. The van der Waals surface area contributed by atoms with Gasteiger partial charge in [0.15, 0.2) is 0 Å². The normalized spacial score (nSPS) is 14.9. The molecule has 0 aliphatic carbocycles.